The summed E-state index contributed by atoms with van der Waals surface area (Å²) >= 11 is 0. The largest absolute Gasteiger partial charge is 0.346 e. The molecule has 0 fully saturated rings. The molecule has 0 radical (unpaired) electrons. The maximum atomic E-state index is 11.6. The molecular weight excluding hydrogens is 204 g/mol. The molecule has 2 N–H and O–H groups in total. The van der Waals surface area contributed by atoms with Gasteiger partial charge in [-0.05, 0) is 19.1 Å². The van der Waals surface area contributed by atoms with E-state index in [0.717, 1.165) is 11.3 Å². The van der Waals surface area contributed by atoms with Gasteiger partial charge in [0.1, 0.15) is 5.69 Å². The van der Waals surface area contributed by atoms with Gasteiger partial charge in [-0.3, -0.25) is 14.9 Å². The molecule has 2 heterocycles. The van der Waals surface area contributed by atoms with Crippen LogP contribution in [0.4, 0.5) is 0 Å². The Bertz CT molecular complexity index is 478. The number of hydrogen-bond donors (Lipinski definition) is 2. The molecule has 2 rings (SSSR count). The van der Waals surface area contributed by atoms with Crippen LogP contribution in [0, 0.1) is 6.92 Å². The number of amides is 1. The molecule has 0 aliphatic heterocycles. The highest BCUT2D eigenvalue weighted by Gasteiger charge is 2.06. The van der Waals surface area contributed by atoms with Crippen molar-refractivity contribution < 1.29 is 4.79 Å². The first-order valence-electron chi connectivity index (χ1n) is 4.95. The Morgan fingerprint density at radius 3 is 3.00 bits per heavy atom. The standard InChI is InChI=1S/C11H12N4O/c1-8-9(7-14-15-8)6-13-11(16)10-4-2-3-5-12-10/h2-5,7H,6H2,1H3,(H,13,16)(H,14,15). The monoisotopic (exact) mass is 216 g/mol. The van der Waals surface area contributed by atoms with Crippen molar-refractivity contribution in [2.75, 3.05) is 0 Å². The Hall–Kier alpha value is -2.17. The van der Waals surface area contributed by atoms with Gasteiger partial charge in [-0.1, -0.05) is 6.07 Å². The van der Waals surface area contributed by atoms with Crippen LogP contribution in [0.5, 0.6) is 0 Å². The Balaban J connectivity index is 1.97. The summed E-state index contributed by atoms with van der Waals surface area (Å²) in [5.41, 5.74) is 2.36. The van der Waals surface area contributed by atoms with Gasteiger partial charge in [0.25, 0.3) is 5.91 Å². The molecule has 0 saturated carbocycles. The predicted octanol–water partition coefficient (Wildman–Crippen LogP) is 1.04. The molecule has 2 aromatic rings. The zero-order chi connectivity index (χ0) is 11.4. The fourth-order valence-corrected chi connectivity index (χ4v) is 1.32. The lowest BCUT2D eigenvalue weighted by atomic mass is 10.2. The maximum absolute atomic E-state index is 11.6. The molecule has 0 spiro atoms. The van der Waals surface area contributed by atoms with Crippen LogP contribution in [0.2, 0.25) is 0 Å². The van der Waals surface area contributed by atoms with Crippen LogP contribution in [-0.2, 0) is 6.54 Å². The molecule has 0 aromatic carbocycles. The molecule has 0 aliphatic rings. The van der Waals surface area contributed by atoms with E-state index in [0.29, 0.717) is 12.2 Å². The summed E-state index contributed by atoms with van der Waals surface area (Å²) in [7, 11) is 0. The van der Waals surface area contributed by atoms with Gasteiger partial charge in [0, 0.05) is 24.0 Å². The van der Waals surface area contributed by atoms with Gasteiger partial charge in [0.05, 0.1) is 6.20 Å². The number of carbonyl (C=O) groups excluding carboxylic acids is 1. The first-order chi connectivity index (χ1) is 7.77. The second kappa shape index (κ2) is 4.57. The van der Waals surface area contributed by atoms with E-state index in [9.17, 15) is 4.79 Å². The van der Waals surface area contributed by atoms with Crippen LogP contribution in [0.3, 0.4) is 0 Å². The quantitative estimate of drug-likeness (QED) is 0.805. The second-order valence-corrected chi connectivity index (χ2v) is 3.42. The van der Waals surface area contributed by atoms with Gasteiger partial charge >= 0.3 is 0 Å². The molecule has 0 saturated heterocycles. The van der Waals surface area contributed by atoms with E-state index in [1.807, 2.05) is 6.92 Å². The van der Waals surface area contributed by atoms with Crippen molar-refractivity contribution in [3.05, 3.63) is 47.5 Å². The van der Waals surface area contributed by atoms with Gasteiger partial charge < -0.3 is 5.32 Å². The Kier molecular flexibility index (Phi) is 2.95. The lowest BCUT2D eigenvalue weighted by molar-refractivity contribution is 0.0946. The van der Waals surface area contributed by atoms with Crippen molar-refractivity contribution in [3.63, 3.8) is 0 Å². The van der Waals surface area contributed by atoms with Crippen LogP contribution in [-0.4, -0.2) is 21.1 Å². The van der Waals surface area contributed by atoms with Gasteiger partial charge in [-0.25, -0.2) is 0 Å². The highest BCUT2D eigenvalue weighted by Crippen LogP contribution is 2.02. The van der Waals surface area contributed by atoms with E-state index >= 15 is 0 Å². The highest BCUT2D eigenvalue weighted by molar-refractivity contribution is 5.92. The number of aryl methyl sites for hydroxylation is 1. The van der Waals surface area contributed by atoms with Crippen LogP contribution < -0.4 is 5.32 Å². The third-order valence-corrected chi connectivity index (χ3v) is 2.27. The normalized spacial score (nSPS) is 10.1. The topological polar surface area (TPSA) is 70.7 Å². The van der Waals surface area contributed by atoms with E-state index in [1.54, 1.807) is 30.6 Å². The average Bonchev–Trinajstić information content (AvgIpc) is 2.73. The highest BCUT2D eigenvalue weighted by atomic mass is 16.1. The summed E-state index contributed by atoms with van der Waals surface area (Å²) in [6.07, 6.45) is 3.30. The molecule has 5 heteroatoms. The van der Waals surface area contributed by atoms with Crippen molar-refractivity contribution in [3.8, 4) is 0 Å². The fraction of sp³-hybridized carbons (Fsp3) is 0.182. The third kappa shape index (κ3) is 2.25. The molecule has 0 atom stereocenters. The molecule has 0 unspecified atom stereocenters. The number of nitrogens with zero attached hydrogens (tertiary/aromatic N) is 2. The molecule has 0 bridgehead atoms. The van der Waals surface area contributed by atoms with Crippen LogP contribution >= 0.6 is 0 Å². The third-order valence-electron chi connectivity index (χ3n) is 2.27. The molecule has 16 heavy (non-hydrogen) atoms. The number of aromatic amines is 1. The number of rotatable bonds is 3. The van der Waals surface area contributed by atoms with Crippen molar-refractivity contribution in [2.45, 2.75) is 13.5 Å². The van der Waals surface area contributed by atoms with Gasteiger partial charge in [0.15, 0.2) is 0 Å². The minimum absolute atomic E-state index is 0.179. The number of aromatic nitrogens is 3. The van der Waals surface area contributed by atoms with Crippen molar-refractivity contribution >= 4 is 5.91 Å². The molecular formula is C11H12N4O. The maximum Gasteiger partial charge on any atom is 0.270 e. The Morgan fingerprint density at radius 1 is 1.50 bits per heavy atom. The number of carbonyl (C=O) groups is 1. The van der Waals surface area contributed by atoms with E-state index in [1.165, 1.54) is 0 Å². The van der Waals surface area contributed by atoms with Crippen LogP contribution in [0.15, 0.2) is 30.6 Å². The number of H-pyrrole nitrogens is 1. The smallest absolute Gasteiger partial charge is 0.270 e. The number of nitrogens with one attached hydrogen (secondary N) is 2. The minimum atomic E-state index is -0.179. The van der Waals surface area contributed by atoms with E-state index in [-0.39, 0.29) is 5.91 Å². The number of pyridine rings is 1. The van der Waals surface area contributed by atoms with Crippen molar-refractivity contribution in [1.29, 1.82) is 0 Å². The fourth-order valence-electron chi connectivity index (χ4n) is 1.32. The summed E-state index contributed by atoms with van der Waals surface area (Å²) in [6.45, 7) is 2.37. The molecule has 0 aliphatic carbocycles. The first kappa shape index (κ1) is 10.4. The second-order valence-electron chi connectivity index (χ2n) is 3.42. The molecule has 82 valence electrons. The molecule has 2 aromatic heterocycles. The minimum Gasteiger partial charge on any atom is -0.346 e. The number of hydrogen-bond acceptors (Lipinski definition) is 3. The summed E-state index contributed by atoms with van der Waals surface area (Å²) in [5, 5.41) is 9.48. The van der Waals surface area contributed by atoms with Crippen molar-refractivity contribution in [1.82, 2.24) is 20.5 Å². The SMILES string of the molecule is Cc1[nH]ncc1CNC(=O)c1ccccn1. The summed E-state index contributed by atoms with van der Waals surface area (Å²) in [6, 6.07) is 5.24. The Morgan fingerprint density at radius 2 is 2.38 bits per heavy atom. The van der Waals surface area contributed by atoms with Gasteiger partial charge in [-0.15, -0.1) is 0 Å². The summed E-state index contributed by atoms with van der Waals surface area (Å²) in [4.78, 5) is 15.6. The van der Waals surface area contributed by atoms with Gasteiger partial charge in [0.2, 0.25) is 0 Å². The van der Waals surface area contributed by atoms with Crippen LogP contribution in [0.1, 0.15) is 21.7 Å². The lowest BCUT2D eigenvalue weighted by Gasteiger charge is -2.03. The summed E-state index contributed by atoms with van der Waals surface area (Å²) < 4.78 is 0. The Labute approximate surface area is 92.9 Å². The lowest BCUT2D eigenvalue weighted by Crippen LogP contribution is -2.23. The predicted molar refractivity (Wildman–Crippen MR) is 58.7 cm³/mol. The van der Waals surface area contributed by atoms with Gasteiger partial charge in [-0.2, -0.15) is 5.10 Å². The summed E-state index contributed by atoms with van der Waals surface area (Å²) in [5.74, 6) is -0.179. The van der Waals surface area contributed by atoms with E-state index in [2.05, 4.69) is 20.5 Å². The van der Waals surface area contributed by atoms with E-state index in [4.69, 9.17) is 0 Å². The zero-order valence-electron chi connectivity index (χ0n) is 8.90. The van der Waals surface area contributed by atoms with E-state index < -0.39 is 0 Å². The van der Waals surface area contributed by atoms with Crippen LogP contribution in [0.25, 0.3) is 0 Å². The molecule has 5 nitrogen and oxygen atoms in total. The zero-order valence-corrected chi connectivity index (χ0v) is 8.90. The average molecular weight is 216 g/mol. The molecule has 1 amide bonds. The first-order valence-corrected chi connectivity index (χ1v) is 4.95. The van der Waals surface area contributed by atoms with Crippen molar-refractivity contribution in [2.24, 2.45) is 0 Å².